The lowest BCUT2D eigenvalue weighted by Gasteiger charge is -2.28. The van der Waals surface area contributed by atoms with Gasteiger partial charge >= 0.3 is 11.9 Å². The number of ether oxygens (including phenoxy) is 2. The standard InChI is InChI=1S/C22H27FN2O6S2.C13H20N2O4S2.C9H8BrFO2/c1-3-33(29,30)25(16-19-8-7-18(14-21(19)23)22(26)31-2)20-6-4-5-17(13-20)15-24-9-11-32(27,28)12-10-24;1-2-21(18,19)14-13-5-3-4-12(10-13)11-15-6-8-20(16,17)9-7-15;1-13-9(12)6-2-3-7(5-10)8(11)4-6/h4-8,13-14H,3,9-12,15-16H2,1-2H3;3-5,10,14H,2,6-9,11H2,1H3;2-4H,5H2,1H3. The molecule has 0 unspecified atom stereocenters. The molecule has 1 N–H and O–H groups in total. The van der Waals surface area contributed by atoms with Gasteiger partial charge < -0.3 is 9.47 Å². The van der Waals surface area contributed by atoms with Gasteiger partial charge in [0.15, 0.2) is 19.7 Å². The highest BCUT2D eigenvalue weighted by Crippen LogP contribution is 2.26. The van der Waals surface area contributed by atoms with Crippen LogP contribution in [0.4, 0.5) is 20.2 Å². The van der Waals surface area contributed by atoms with E-state index in [2.05, 4.69) is 35.0 Å². The van der Waals surface area contributed by atoms with Crippen LogP contribution in [0.3, 0.4) is 0 Å². The minimum Gasteiger partial charge on any atom is -0.465 e. The maximum absolute atomic E-state index is 14.7. The highest BCUT2D eigenvalue weighted by atomic mass is 79.9. The summed E-state index contributed by atoms with van der Waals surface area (Å²) in [6.07, 6.45) is 0. The molecule has 2 fully saturated rings. The molecule has 2 saturated heterocycles. The van der Waals surface area contributed by atoms with Crippen LogP contribution in [0, 0.1) is 11.6 Å². The van der Waals surface area contributed by atoms with Crippen molar-refractivity contribution in [2.75, 3.05) is 83.9 Å². The van der Waals surface area contributed by atoms with E-state index < -0.39 is 63.3 Å². The maximum atomic E-state index is 14.7. The number of carbonyl (C=O) groups is 2. The fraction of sp³-hybridized carbons (Fsp3) is 0.409. The number of nitrogens with one attached hydrogen (secondary N) is 1. The Kier molecular flexibility index (Phi) is 20.3. The number of alkyl halides is 1. The van der Waals surface area contributed by atoms with E-state index in [0.717, 1.165) is 21.5 Å². The Morgan fingerprint density at radius 3 is 1.57 bits per heavy atom. The molecule has 4 aromatic carbocycles. The lowest BCUT2D eigenvalue weighted by Crippen LogP contribution is -2.39. The second kappa shape index (κ2) is 24.7. The van der Waals surface area contributed by atoms with E-state index >= 15 is 0 Å². The van der Waals surface area contributed by atoms with Crippen molar-refractivity contribution in [2.24, 2.45) is 0 Å². The Morgan fingerprint density at radius 2 is 1.13 bits per heavy atom. The Hall–Kier alpha value is -4.52. The molecule has 0 amide bonds. The van der Waals surface area contributed by atoms with Gasteiger partial charge in [0.1, 0.15) is 11.6 Å². The van der Waals surface area contributed by atoms with Gasteiger partial charge in [0.05, 0.1) is 72.1 Å². The number of esters is 2. The lowest BCUT2D eigenvalue weighted by molar-refractivity contribution is 0.0591. The van der Waals surface area contributed by atoms with E-state index in [-0.39, 0.29) is 57.8 Å². The summed E-state index contributed by atoms with van der Waals surface area (Å²) in [6.45, 7) is 5.83. The zero-order valence-corrected chi connectivity index (χ0v) is 42.3. The highest BCUT2D eigenvalue weighted by Gasteiger charge is 2.26. The van der Waals surface area contributed by atoms with Crippen molar-refractivity contribution in [1.82, 2.24) is 9.80 Å². The Balaban J connectivity index is 0.000000245. The largest absolute Gasteiger partial charge is 0.465 e. The van der Waals surface area contributed by atoms with Gasteiger partial charge in [-0.1, -0.05) is 52.3 Å². The number of rotatable bonds is 15. The number of halogens is 3. The van der Waals surface area contributed by atoms with Crippen LogP contribution in [0.15, 0.2) is 84.9 Å². The molecule has 368 valence electrons. The molecular weight excluding hydrogens is 1020 g/mol. The number of carbonyl (C=O) groups excluding carboxylic acids is 2. The molecule has 0 aliphatic carbocycles. The highest BCUT2D eigenvalue weighted by molar-refractivity contribution is 9.08. The van der Waals surface area contributed by atoms with E-state index in [4.69, 9.17) is 0 Å². The van der Waals surface area contributed by atoms with Crippen LogP contribution >= 0.6 is 15.9 Å². The number of nitrogens with zero attached hydrogens (tertiary/aromatic N) is 3. The van der Waals surface area contributed by atoms with Crippen molar-refractivity contribution in [3.05, 3.63) is 130 Å². The third kappa shape index (κ3) is 17.2. The van der Waals surface area contributed by atoms with Crippen LogP contribution in [-0.4, -0.2) is 130 Å². The first kappa shape index (κ1) is 55.1. The summed E-state index contributed by atoms with van der Waals surface area (Å²) in [5.74, 6) is -1.89. The van der Waals surface area contributed by atoms with Crippen molar-refractivity contribution in [2.45, 2.75) is 38.8 Å². The van der Waals surface area contributed by atoms with Crippen molar-refractivity contribution >= 4 is 79.0 Å². The molecule has 4 aromatic rings. The van der Waals surface area contributed by atoms with Crippen LogP contribution in [0.1, 0.15) is 56.8 Å². The normalized spacial score (nSPS) is 16.0. The van der Waals surface area contributed by atoms with Gasteiger partial charge in [0.25, 0.3) is 0 Å². The molecule has 6 rings (SSSR count). The van der Waals surface area contributed by atoms with Gasteiger partial charge in [-0.15, -0.1) is 0 Å². The number of benzene rings is 4. The number of sulfonamides is 2. The number of hydrogen-bond acceptors (Lipinski definition) is 14. The van der Waals surface area contributed by atoms with Crippen LogP contribution in [0.25, 0.3) is 0 Å². The molecule has 23 heteroatoms. The first-order valence-electron chi connectivity index (χ1n) is 20.9. The first-order valence-corrected chi connectivity index (χ1v) is 28.9. The van der Waals surface area contributed by atoms with Crippen LogP contribution in [0.2, 0.25) is 0 Å². The van der Waals surface area contributed by atoms with E-state index in [1.54, 1.807) is 49.4 Å². The molecule has 67 heavy (non-hydrogen) atoms. The van der Waals surface area contributed by atoms with Crippen LogP contribution < -0.4 is 9.03 Å². The van der Waals surface area contributed by atoms with Gasteiger partial charge in [-0.25, -0.2) is 52.0 Å². The number of hydrogen-bond donors (Lipinski definition) is 1. The van der Waals surface area contributed by atoms with E-state index in [9.17, 15) is 52.0 Å². The molecule has 0 atom stereocenters. The molecule has 16 nitrogen and oxygen atoms in total. The number of anilines is 2. The van der Waals surface area contributed by atoms with Crippen molar-refractivity contribution < 1.29 is 61.5 Å². The average Bonchev–Trinajstić information content (AvgIpc) is 3.29. The molecule has 0 saturated carbocycles. The van der Waals surface area contributed by atoms with Gasteiger partial charge in [0.2, 0.25) is 20.0 Å². The monoisotopic (exact) mass is 1080 g/mol. The predicted molar refractivity (Wildman–Crippen MR) is 258 cm³/mol. The molecule has 0 aromatic heterocycles. The van der Waals surface area contributed by atoms with Gasteiger partial charge in [-0.05, 0) is 79.1 Å². The van der Waals surface area contributed by atoms with Gasteiger partial charge in [-0.2, -0.15) is 0 Å². The maximum Gasteiger partial charge on any atom is 0.337 e. The lowest BCUT2D eigenvalue weighted by atomic mass is 10.1. The molecule has 2 heterocycles. The minimum absolute atomic E-state index is 0.0290. The summed E-state index contributed by atoms with van der Waals surface area (Å²) >= 11 is 3.13. The average molecular weight is 1080 g/mol. The van der Waals surface area contributed by atoms with Crippen molar-refractivity contribution in [1.29, 1.82) is 0 Å². The zero-order chi connectivity index (χ0) is 49.6. The smallest absolute Gasteiger partial charge is 0.337 e. The Bertz CT molecular complexity index is 2790. The van der Waals surface area contributed by atoms with Crippen LogP contribution in [-0.2, 0) is 74.2 Å². The zero-order valence-electron chi connectivity index (χ0n) is 37.5. The third-order valence-corrected chi connectivity index (χ3v) is 17.4. The Morgan fingerprint density at radius 1 is 0.672 bits per heavy atom. The molecule has 0 radical (unpaired) electrons. The van der Waals surface area contributed by atoms with Crippen molar-refractivity contribution in [3.63, 3.8) is 0 Å². The predicted octanol–water partition coefficient (Wildman–Crippen LogP) is 5.38. The number of methoxy groups -OCH3 is 2. The minimum atomic E-state index is -3.74. The Labute approximate surface area is 400 Å². The third-order valence-electron chi connectivity index (χ3n) is 10.6. The van der Waals surface area contributed by atoms with Crippen LogP contribution in [0.5, 0.6) is 0 Å². The van der Waals surface area contributed by atoms with Gasteiger partial charge in [-0.3, -0.25) is 18.8 Å². The second-order valence-electron chi connectivity index (χ2n) is 15.4. The van der Waals surface area contributed by atoms with Gasteiger partial charge in [0, 0.05) is 55.8 Å². The molecule has 2 aliphatic heterocycles. The van der Waals surface area contributed by atoms with E-state index in [1.807, 2.05) is 17.0 Å². The number of sulfone groups is 2. The molecular formula is C44H55BrF2N4O12S4. The summed E-state index contributed by atoms with van der Waals surface area (Å²) in [4.78, 5) is 26.7. The SMILES string of the molecule is CCS(=O)(=O)N(Cc1ccc(C(=O)OC)cc1F)c1cccc(CN2CCS(=O)(=O)CC2)c1.CCS(=O)(=O)Nc1cccc(CN2CCS(=O)(=O)CC2)c1.COC(=O)c1ccc(CBr)c(F)c1. The summed E-state index contributed by atoms with van der Waals surface area (Å²) in [5, 5.41) is 0.431. The van der Waals surface area contributed by atoms with Crippen molar-refractivity contribution in [3.8, 4) is 0 Å². The summed E-state index contributed by atoms with van der Waals surface area (Å²) in [7, 11) is -10.4. The van der Waals surface area contributed by atoms with E-state index in [1.165, 1.54) is 45.4 Å². The summed E-state index contributed by atoms with van der Waals surface area (Å²) in [6, 6.07) is 22.2. The fourth-order valence-corrected chi connectivity index (χ4v) is 11.3. The molecule has 2 aliphatic rings. The molecule has 0 spiro atoms. The fourth-order valence-electron chi connectivity index (χ4n) is 6.61. The quantitative estimate of drug-likeness (QED) is 0.117. The summed E-state index contributed by atoms with van der Waals surface area (Å²) < 4.78 is 135. The topological polar surface area (TPSA) is 211 Å². The van der Waals surface area contributed by atoms with E-state index in [0.29, 0.717) is 61.5 Å². The second-order valence-corrected chi connectivity index (χ2v) is 24.7. The first-order chi connectivity index (χ1) is 31.5. The summed E-state index contributed by atoms with van der Waals surface area (Å²) in [5.41, 5.74) is 3.61. The molecule has 0 bridgehead atoms.